The molecule has 6 nitrogen and oxygen atoms in total. The number of nitrogens with zero attached hydrogens (tertiary/aromatic N) is 3. The lowest BCUT2D eigenvalue weighted by molar-refractivity contribution is -0.134. The Morgan fingerprint density at radius 1 is 0.963 bits per heavy atom. The van der Waals surface area contributed by atoms with E-state index in [2.05, 4.69) is 0 Å². The Balaban J connectivity index is 2.14. The van der Waals surface area contributed by atoms with Crippen LogP contribution in [0.5, 0.6) is 0 Å². The Morgan fingerprint density at radius 3 is 2.15 bits per heavy atom. The minimum absolute atomic E-state index is 0.0722. The number of amides is 4. The first-order valence-corrected chi connectivity index (χ1v) is 8.85. The normalized spacial score (nSPS) is 15.0. The van der Waals surface area contributed by atoms with E-state index in [-0.39, 0.29) is 5.57 Å². The second kappa shape index (κ2) is 6.87. The van der Waals surface area contributed by atoms with Crippen LogP contribution >= 0.6 is 23.2 Å². The van der Waals surface area contributed by atoms with E-state index in [1.807, 2.05) is 30.5 Å². The number of carbonyl (C=O) groups excluding carboxylic acids is 3. The van der Waals surface area contributed by atoms with Crippen LogP contribution in [0, 0.1) is 13.8 Å². The van der Waals surface area contributed by atoms with E-state index in [0.29, 0.717) is 21.3 Å². The summed E-state index contributed by atoms with van der Waals surface area (Å²) in [4.78, 5) is 38.5. The first-order chi connectivity index (χ1) is 12.6. The van der Waals surface area contributed by atoms with Crippen molar-refractivity contribution >= 4 is 47.1 Å². The quantitative estimate of drug-likeness (QED) is 0.563. The van der Waals surface area contributed by atoms with Gasteiger partial charge in [-0.3, -0.25) is 19.4 Å². The van der Waals surface area contributed by atoms with Gasteiger partial charge >= 0.3 is 6.03 Å². The third-order valence-corrected chi connectivity index (χ3v) is 5.40. The molecular weight excluding hydrogens is 389 g/mol. The molecule has 0 atom stereocenters. The predicted octanol–water partition coefficient (Wildman–Crippen LogP) is 3.83. The van der Waals surface area contributed by atoms with Crippen molar-refractivity contribution in [2.45, 2.75) is 13.8 Å². The Bertz CT molecular complexity index is 997. The maximum absolute atomic E-state index is 12.4. The molecule has 0 unspecified atom stereocenters. The van der Waals surface area contributed by atoms with Gasteiger partial charge in [-0.15, -0.1) is 0 Å². The molecule has 1 saturated heterocycles. The first-order valence-electron chi connectivity index (χ1n) is 8.10. The van der Waals surface area contributed by atoms with Crippen molar-refractivity contribution in [3.63, 3.8) is 0 Å². The molecule has 1 aliphatic heterocycles. The third kappa shape index (κ3) is 3.05. The van der Waals surface area contributed by atoms with Crippen molar-refractivity contribution in [2.75, 3.05) is 14.1 Å². The topological polar surface area (TPSA) is 62.6 Å². The van der Waals surface area contributed by atoms with Crippen LogP contribution in [0.3, 0.4) is 0 Å². The summed E-state index contributed by atoms with van der Waals surface area (Å²) in [6.45, 7) is 3.74. The highest BCUT2D eigenvalue weighted by Crippen LogP contribution is 2.32. The Hall–Kier alpha value is -2.57. The summed E-state index contributed by atoms with van der Waals surface area (Å²) in [7, 11) is 2.69. The van der Waals surface area contributed by atoms with Crippen molar-refractivity contribution < 1.29 is 14.4 Å². The largest absolute Gasteiger partial charge is 0.333 e. The first kappa shape index (κ1) is 19.2. The second-order valence-electron chi connectivity index (χ2n) is 6.30. The summed E-state index contributed by atoms with van der Waals surface area (Å²) >= 11 is 12.5. The number of aryl methyl sites for hydroxylation is 1. The molecule has 2 heterocycles. The fourth-order valence-electron chi connectivity index (χ4n) is 3.10. The highest BCUT2D eigenvalue weighted by Gasteiger charge is 2.38. The summed E-state index contributed by atoms with van der Waals surface area (Å²) in [5.41, 5.74) is 2.95. The molecule has 4 amide bonds. The van der Waals surface area contributed by atoms with Crippen molar-refractivity contribution in [3.05, 3.63) is 56.8 Å². The van der Waals surface area contributed by atoms with E-state index in [4.69, 9.17) is 23.2 Å². The molecule has 0 radical (unpaired) electrons. The van der Waals surface area contributed by atoms with E-state index < -0.39 is 17.8 Å². The van der Waals surface area contributed by atoms with Crippen molar-refractivity contribution in [1.29, 1.82) is 0 Å². The molecule has 1 aromatic heterocycles. The molecule has 1 aromatic carbocycles. The molecule has 140 valence electrons. The van der Waals surface area contributed by atoms with Gasteiger partial charge in [-0.2, -0.15) is 0 Å². The molecule has 0 saturated carbocycles. The van der Waals surface area contributed by atoms with E-state index in [1.165, 1.54) is 20.2 Å². The highest BCUT2D eigenvalue weighted by molar-refractivity contribution is 6.43. The zero-order valence-corrected chi connectivity index (χ0v) is 16.7. The zero-order valence-electron chi connectivity index (χ0n) is 15.2. The van der Waals surface area contributed by atoms with Crippen molar-refractivity contribution in [2.24, 2.45) is 0 Å². The van der Waals surface area contributed by atoms with Gasteiger partial charge in [-0.1, -0.05) is 29.3 Å². The van der Waals surface area contributed by atoms with Gasteiger partial charge in [0.05, 0.1) is 15.7 Å². The molecular formula is C19H17Cl2N3O3. The SMILES string of the molecule is Cc1cc(C=C2C(=O)N(C)C(=O)N(C)C2=O)c(C)n1-c1cccc(Cl)c1Cl. The number of urea groups is 1. The van der Waals surface area contributed by atoms with Gasteiger partial charge < -0.3 is 4.57 Å². The number of aromatic nitrogens is 1. The average molecular weight is 406 g/mol. The highest BCUT2D eigenvalue weighted by atomic mass is 35.5. The molecule has 0 N–H and O–H groups in total. The molecule has 0 bridgehead atoms. The van der Waals surface area contributed by atoms with Crippen molar-refractivity contribution in [3.8, 4) is 5.69 Å². The Labute approximate surface area is 166 Å². The van der Waals surface area contributed by atoms with Gasteiger partial charge in [0, 0.05) is 25.5 Å². The number of hydrogen-bond acceptors (Lipinski definition) is 3. The second-order valence-corrected chi connectivity index (χ2v) is 7.09. The number of rotatable bonds is 2. The van der Waals surface area contributed by atoms with Crippen LogP contribution in [0.4, 0.5) is 4.79 Å². The van der Waals surface area contributed by atoms with E-state index in [9.17, 15) is 14.4 Å². The third-order valence-electron chi connectivity index (χ3n) is 4.59. The van der Waals surface area contributed by atoms with Gasteiger partial charge in [0.15, 0.2) is 0 Å². The summed E-state index contributed by atoms with van der Waals surface area (Å²) in [5, 5.41) is 0.844. The molecule has 27 heavy (non-hydrogen) atoms. The lowest BCUT2D eigenvalue weighted by Crippen LogP contribution is -2.52. The molecule has 0 spiro atoms. The fraction of sp³-hybridized carbons (Fsp3) is 0.211. The zero-order chi connectivity index (χ0) is 20.0. The van der Waals surface area contributed by atoms with Gasteiger partial charge in [0.25, 0.3) is 11.8 Å². The monoisotopic (exact) mass is 405 g/mol. The minimum atomic E-state index is -0.654. The standard InChI is InChI=1S/C19H17Cl2N3O3/c1-10-8-12(9-13-17(25)22(3)19(27)23(4)18(13)26)11(2)24(10)15-7-5-6-14(20)16(15)21/h5-9H,1-4H3. The average Bonchev–Trinajstić information content (AvgIpc) is 2.91. The molecule has 1 aliphatic rings. The number of barbiturate groups is 1. The van der Waals surface area contributed by atoms with Gasteiger partial charge in [-0.25, -0.2) is 4.79 Å². The van der Waals surface area contributed by atoms with E-state index in [1.54, 1.807) is 12.1 Å². The van der Waals surface area contributed by atoms with Crippen LogP contribution in [0.2, 0.25) is 10.0 Å². The maximum atomic E-state index is 12.4. The number of benzene rings is 1. The van der Waals surface area contributed by atoms with Crippen LogP contribution in [0.1, 0.15) is 17.0 Å². The maximum Gasteiger partial charge on any atom is 0.333 e. The summed E-state index contributed by atoms with van der Waals surface area (Å²) in [6.07, 6.45) is 1.50. The van der Waals surface area contributed by atoms with Gasteiger partial charge in [-0.05, 0) is 43.7 Å². The number of halogens is 2. The molecule has 8 heteroatoms. The fourth-order valence-corrected chi connectivity index (χ4v) is 3.48. The molecule has 0 aliphatic carbocycles. The number of imide groups is 2. The number of likely N-dealkylation sites (N-methyl/N-ethyl adjacent to an activating group) is 2. The van der Waals surface area contributed by atoms with E-state index >= 15 is 0 Å². The van der Waals surface area contributed by atoms with Crippen molar-refractivity contribution in [1.82, 2.24) is 14.4 Å². The number of hydrogen-bond donors (Lipinski definition) is 0. The summed E-state index contributed by atoms with van der Waals surface area (Å²) in [5.74, 6) is -1.26. The molecule has 1 fully saturated rings. The lowest BCUT2D eigenvalue weighted by atomic mass is 10.1. The van der Waals surface area contributed by atoms with Gasteiger partial charge in [0.1, 0.15) is 5.57 Å². The minimum Gasteiger partial charge on any atom is -0.316 e. The summed E-state index contributed by atoms with van der Waals surface area (Å²) in [6, 6.07) is 6.52. The van der Waals surface area contributed by atoms with Gasteiger partial charge in [0.2, 0.25) is 0 Å². The Morgan fingerprint density at radius 2 is 1.56 bits per heavy atom. The van der Waals surface area contributed by atoms with Crippen LogP contribution in [0.15, 0.2) is 29.8 Å². The van der Waals surface area contributed by atoms with Crippen LogP contribution < -0.4 is 0 Å². The van der Waals surface area contributed by atoms with E-state index in [0.717, 1.165) is 21.2 Å². The number of carbonyl (C=O) groups is 3. The van der Waals surface area contributed by atoms with Crippen LogP contribution in [-0.2, 0) is 9.59 Å². The Kier molecular flexibility index (Phi) is 4.88. The summed E-state index contributed by atoms with van der Waals surface area (Å²) < 4.78 is 1.90. The van der Waals surface area contributed by atoms with Crippen LogP contribution in [0.25, 0.3) is 11.8 Å². The molecule has 2 aromatic rings. The molecule has 3 rings (SSSR count). The van der Waals surface area contributed by atoms with Crippen LogP contribution in [-0.4, -0.2) is 46.3 Å². The lowest BCUT2D eigenvalue weighted by Gasteiger charge is -2.28. The predicted molar refractivity (Wildman–Crippen MR) is 104 cm³/mol. The smallest absolute Gasteiger partial charge is 0.316 e.